The minimum Gasteiger partial charge on any atom is -0.399 e. The van der Waals surface area contributed by atoms with Gasteiger partial charge in [-0.3, -0.25) is 9.11 Å². The van der Waals surface area contributed by atoms with E-state index in [-0.39, 0.29) is 20.9 Å². The summed E-state index contributed by atoms with van der Waals surface area (Å²) in [4.78, 5) is -0.592. The number of benzene rings is 4. The molecule has 0 atom stereocenters. The second-order valence-electron chi connectivity index (χ2n) is 8.03. The summed E-state index contributed by atoms with van der Waals surface area (Å²) in [6.07, 6.45) is 6.77. The van der Waals surface area contributed by atoms with Crippen LogP contribution >= 0.6 is 0 Å². The molecule has 0 aromatic heterocycles. The van der Waals surface area contributed by atoms with Crippen LogP contribution in [0.4, 0.5) is 11.4 Å². The molecular weight excluding hydrogens is 524 g/mol. The molecule has 0 heterocycles. The van der Waals surface area contributed by atoms with E-state index in [0.29, 0.717) is 0 Å². The summed E-state index contributed by atoms with van der Waals surface area (Å²) < 4.78 is 63.4. The number of hydrogen-bond donors (Lipinski definition) is 4. The average Bonchev–Trinajstić information content (AvgIpc) is 2.88. The second-order valence-corrected chi connectivity index (χ2v) is 10.8. The highest BCUT2D eigenvalue weighted by Gasteiger charge is 2.15. The van der Waals surface area contributed by atoms with Gasteiger partial charge in [-0.1, -0.05) is 85.0 Å². The fourth-order valence-electron chi connectivity index (χ4n) is 3.29. The van der Waals surface area contributed by atoms with Crippen LogP contribution < -0.4 is 11.5 Å². The van der Waals surface area contributed by atoms with E-state index in [0.717, 1.165) is 22.5 Å². The Morgan fingerprint density at radius 1 is 0.474 bits per heavy atom. The third-order valence-electron chi connectivity index (χ3n) is 5.18. The number of nitrogen functional groups attached to an aromatic ring is 2. The number of nitrogens with two attached hydrogens (primary N) is 2. The first-order chi connectivity index (χ1) is 17.9. The molecule has 0 fully saturated rings. The van der Waals surface area contributed by atoms with Crippen LogP contribution in [0.5, 0.6) is 0 Å². The minimum atomic E-state index is -4.40. The van der Waals surface area contributed by atoms with Crippen molar-refractivity contribution >= 4 is 55.9 Å². The molecule has 196 valence electrons. The van der Waals surface area contributed by atoms with Crippen molar-refractivity contribution in [3.63, 3.8) is 0 Å². The van der Waals surface area contributed by atoms with Crippen molar-refractivity contribution in [1.82, 2.24) is 0 Å². The highest BCUT2D eigenvalue weighted by Crippen LogP contribution is 2.21. The average molecular weight is 551 g/mol. The molecule has 0 radical (unpaired) electrons. The molecule has 6 N–H and O–H groups in total. The third kappa shape index (κ3) is 8.43. The summed E-state index contributed by atoms with van der Waals surface area (Å²) in [6, 6.07) is 26.9. The van der Waals surface area contributed by atoms with Crippen LogP contribution in [0.25, 0.3) is 24.3 Å². The van der Waals surface area contributed by atoms with E-state index >= 15 is 0 Å². The monoisotopic (exact) mass is 550 g/mol. The lowest BCUT2D eigenvalue weighted by molar-refractivity contribution is 0.480. The van der Waals surface area contributed by atoms with Gasteiger partial charge in [0.2, 0.25) is 0 Å². The predicted molar refractivity (Wildman–Crippen MR) is 152 cm³/mol. The van der Waals surface area contributed by atoms with Crippen LogP contribution in [0.3, 0.4) is 0 Å². The van der Waals surface area contributed by atoms with Crippen molar-refractivity contribution in [2.24, 2.45) is 0 Å². The maximum Gasteiger partial charge on any atom is 0.295 e. The Bertz CT molecular complexity index is 1540. The predicted octanol–water partition coefficient (Wildman–Crippen LogP) is 5.37. The molecule has 0 bridgehead atoms. The Morgan fingerprint density at radius 2 is 0.789 bits per heavy atom. The molecule has 0 aliphatic heterocycles. The molecule has 38 heavy (non-hydrogen) atoms. The van der Waals surface area contributed by atoms with Crippen LogP contribution in [0, 0.1) is 0 Å². The molecule has 4 aromatic carbocycles. The van der Waals surface area contributed by atoms with Crippen molar-refractivity contribution in [1.29, 1.82) is 0 Å². The molecular formula is C28H26N2O6S2. The van der Waals surface area contributed by atoms with Crippen LogP contribution in [-0.2, 0) is 20.2 Å². The zero-order chi connectivity index (χ0) is 27.8. The van der Waals surface area contributed by atoms with Crippen molar-refractivity contribution in [3.8, 4) is 0 Å². The van der Waals surface area contributed by atoms with E-state index in [1.54, 1.807) is 12.1 Å². The van der Waals surface area contributed by atoms with Gasteiger partial charge in [0, 0.05) is 11.4 Å². The van der Waals surface area contributed by atoms with E-state index in [2.05, 4.69) is 0 Å². The zero-order valence-electron chi connectivity index (χ0n) is 20.0. The van der Waals surface area contributed by atoms with E-state index in [1.165, 1.54) is 48.6 Å². The lowest BCUT2D eigenvalue weighted by Gasteiger charge is -2.04. The van der Waals surface area contributed by atoms with Crippen LogP contribution in [0.15, 0.2) is 107 Å². The number of anilines is 2. The second kappa shape index (κ2) is 12.3. The van der Waals surface area contributed by atoms with Crippen molar-refractivity contribution < 1.29 is 25.9 Å². The van der Waals surface area contributed by atoms with Gasteiger partial charge < -0.3 is 11.5 Å². The van der Waals surface area contributed by atoms with Gasteiger partial charge in [-0.25, -0.2) is 0 Å². The highest BCUT2D eigenvalue weighted by atomic mass is 32.2. The van der Waals surface area contributed by atoms with Crippen LogP contribution in [-0.4, -0.2) is 25.9 Å². The molecule has 8 nitrogen and oxygen atoms in total. The minimum absolute atomic E-state index is 0.190. The fourth-order valence-corrected chi connectivity index (χ4v) is 4.66. The summed E-state index contributed by atoms with van der Waals surface area (Å²) in [7, 11) is -8.79. The van der Waals surface area contributed by atoms with Gasteiger partial charge in [0.25, 0.3) is 20.2 Å². The molecule has 4 rings (SSSR count). The molecule has 0 unspecified atom stereocenters. The maximum atomic E-state index is 11.3. The molecule has 0 aliphatic rings. The molecule has 0 saturated carbocycles. The SMILES string of the molecule is Nc1ccc(C=Cc2ccc(N)cc2)cc1.O=S(=O)(O)c1ccccc1C=Cc1ccccc1S(=O)(=O)O. The van der Waals surface area contributed by atoms with E-state index in [4.69, 9.17) is 20.6 Å². The van der Waals surface area contributed by atoms with E-state index in [9.17, 15) is 16.8 Å². The molecule has 10 heteroatoms. The van der Waals surface area contributed by atoms with Crippen molar-refractivity contribution in [3.05, 3.63) is 119 Å². The Morgan fingerprint density at radius 3 is 1.11 bits per heavy atom. The smallest absolute Gasteiger partial charge is 0.295 e. The topological polar surface area (TPSA) is 161 Å². The van der Waals surface area contributed by atoms with Crippen LogP contribution in [0.1, 0.15) is 22.3 Å². The Kier molecular flexibility index (Phi) is 9.21. The van der Waals surface area contributed by atoms with Gasteiger partial charge in [0.15, 0.2) is 0 Å². The molecule has 0 amide bonds. The standard InChI is InChI=1S/C14H14N2.C14H12O6S2/c15-13-7-3-11(4-8-13)1-2-12-5-9-14(16)10-6-12;15-21(16,17)13-7-3-1-5-11(13)9-10-12-6-2-4-8-14(12)22(18,19)20/h1-10H,15-16H2;1-10H,(H,15,16,17)(H,18,19,20). The lowest BCUT2D eigenvalue weighted by Crippen LogP contribution is -2.01. The quantitative estimate of drug-likeness (QED) is 0.141. The molecule has 0 aliphatic carbocycles. The van der Waals surface area contributed by atoms with Crippen molar-refractivity contribution in [2.45, 2.75) is 9.79 Å². The first-order valence-electron chi connectivity index (χ1n) is 11.1. The van der Waals surface area contributed by atoms with Gasteiger partial charge in [-0.2, -0.15) is 16.8 Å². The van der Waals surface area contributed by atoms with E-state index in [1.807, 2.05) is 60.7 Å². The van der Waals surface area contributed by atoms with Gasteiger partial charge in [-0.05, 0) is 58.7 Å². The Hall–Kier alpha value is -4.22. The van der Waals surface area contributed by atoms with Crippen molar-refractivity contribution in [2.75, 3.05) is 11.5 Å². The van der Waals surface area contributed by atoms with Gasteiger partial charge in [0.1, 0.15) is 9.79 Å². The Labute approximate surface area is 222 Å². The summed E-state index contributed by atoms with van der Waals surface area (Å²) in [5.74, 6) is 0. The first kappa shape index (κ1) is 28.4. The third-order valence-corrected chi connectivity index (χ3v) is 7.03. The Balaban J connectivity index is 0.000000221. The largest absolute Gasteiger partial charge is 0.399 e. The summed E-state index contributed by atoms with van der Waals surface area (Å²) in [5, 5.41) is 0. The zero-order valence-corrected chi connectivity index (χ0v) is 21.7. The van der Waals surface area contributed by atoms with Gasteiger partial charge in [0.05, 0.1) is 0 Å². The number of hydrogen-bond acceptors (Lipinski definition) is 6. The lowest BCUT2D eigenvalue weighted by atomic mass is 10.1. The van der Waals surface area contributed by atoms with E-state index < -0.39 is 20.2 Å². The fraction of sp³-hybridized carbons (Fsp3) is 0. The van der Waals surface area contributed by atoms with Crippen LogP contribution in [0.2, 0.25) is 0 Å². The summed E-state index contributed by atoms with van der Waals surface area (Å²) in [6.45, 7) is 0. The number of rotatable bonds is 6. The summed E-state index contributed by atoms with van der Waals surface area (Å²) >= 11 is 0. The molecule has 0 saturated heterocycles. The molecule has 0 spiro atoms. The molecule has 4 aromatic rings. The normalized spacial score (nSPS) is 11.8. The first-order valence-corrected chi connectivity index (χ1v) is 14.0. The van der Waals surface area contributed by atoms with Gasteiger partial charge in [-0.15, -0.1) is 0 Å². The maximum absolute atomic E-state index is 11.3. The highest BCUT2D eigenvalue weighted by molar-refractivity contribution is 7.86. The van der Waals surface area contributed by atoms with Gasteiger partial charge >= 0.3 is 0 Å². The summed E-state index contributed by atoms with van der Waals surface area (Å²) in [5.41, 5.74) is 15.4.